The molecule has 0 fully saturated rings. The Morgan fingerprint density at radius 1 is 1.36 bits per heavy atom. The summed E-state index contributed by atoms with van der Waals surface area (Å²) in [6.45, 7) is 1.98. The second-order valence-electron chi connectivity index (χ2n) is 3.75. The molecule has 0 saturated carbocycles. The summed E-state index contributed by atoms with van der Waals surface area (Å²) >= 11 is 0. The zero-order valence-electron chi connectivity index (χ0n) is 8.54. The number of hydrogen-bond acceptors (Lipinski definition) is 2. The minimum absolute atomic E-state index is 0.0599. The molecule has 0 radical (unpaired) electrons. The molecule has 0 amide bonds. The maximum Gasteiger partial charge on any atom is 0.140 e. The molecule has 0 heterocycles. The number of hydrogen-bond donors (Lipinski definition) is 0. The van der Waals surface area contributed by atoms with E-state index in [2.05, 4.69) is 0 Å². The first kappa shape index (κ1) is 9.25. The van der Waals surface area contributed by atoms with Crippen molar-refractivity contribution < 1.29 is 9.53 Å². The molecular formula is C12H14O2. The van der Waals surface area contributed by atoms with Gasteiger partial charge in [0.15, 0.2) is 0 Å². The van der Waals surface area contributed by atoms with E-state index in [-0.39, 0.29) is 5.92 Å². The molecule has 1 aliphatic rings. The fourth-order valence-corrected chi connectivity index (χ4v) is 2.00. The number of carbonyl (C=O) groups is 1. The molecule has 0 aliphatic heterocycles. The Morgan fingerprint density at radius 3 is 2.86 bits per heavy atom. The van der Waals surface area contributed by atoms with Crippen LogP contribution < -0.4 is 4.74 Å². The standard InChI is InChI=1S/C12H14O2/c1-8-11-5-4-10(14-2)7-9(11)3-6-12(8)13/h4-5,7-8H,3,6H2,1-2H3. The number of carbonyl (C=O) groups excluding carboxylic acids is 1. The summed E-state index contributed by atoms with van der Waals surface area (Å²) in [6.07, 6.45) is 1.52. The summed E-state index contributed by atoms with van der Waals surface area (Å²) in [7, 11) is 1.67. The Kier molecular flexibility index (Phi) is 2.28. The lowest BCUT2D eigenvalue weighted by atomic mass is 9.83. The van der Waals surface area contributed by atoms with E-state index in [1.54, 1.807) is 7.11 Å². The Morgan fingerprint density at radius 2 is 2.14 bits per heavy atom. The van der Waals surface area contributed by atoms with Crippen molar-refractivity contribution in [1.29, 1.82) is 0 Å². The van der Waals surface area contributed by atoms with Crippen LogP contribution in [0.5, 0.6) is 5.75 Å². The first-order valence-corrected chi connectivity index (χ1v) is 4.92. The minimum atomic E-state index is 0.0599. The van der Waals surface area contributed by atoms with Gasteiger partial charge in [-0.15, -0.1) is 0 Å². The van der Waals surface area contributed by atoms with Crippen molar-refractivity contribution in [1.82, 2.24) is 0 Å². The van der Waals surface area contributed by atoms with Gasteiger partial charge >= 0.3 is 0 Å². The summed E-state index contributed by atoms with van der Waals surface area (Å²) in [5.41, 5.74) is 2.43. The molecule has 2 nitrogen and oxygen atoms in total. The van der Waals surface area contributed by atoms with Crippen molar-refractivity contribution in [3.8, 4) is 5.75 Å². The lowest BCUT2D eigenvalue weighted by molar-refractivity contribution is -0.120. The van der Waals surface area contributed by atoms with Gasteiger partial charge in [0.05, 0.1) is 7.11 Å². The zero-order valence-corrected chi connectivity index (χ0v) is 8.54. The van der Waals surface area contributed by atoms with Crippen molar-refractivity contribution in [2.75, 3.05) is 7.11 Å². The number of rotatable bonds is 1. The number of Topliss-reactive ketones (excluding diaryl/α,β-unsaturated/α-hetero) is 1. The van der Waals surface area contributed by atoms with Crippen LogP contribution in [-0.2, 0) is 11.2 Å². The van der Waals surface area contributed by atoms with Gasteiger partial charge in [-0.1, -0.05) is 13.0 Å². The molecule has 14 heavy (non-hydrogen) atoms. The second-order valence-corrected chi connectivity index (χ2v) is 3.75. The van der Waals surface area contributed by atoms with Crippen LogP contribution in [0.3, 0.4) is 0 Å². The summed E-state index contributed by atoms with van der Waals surface area (Å²) in [4.78, 5) is 11.5. The van der Waals surface area contributed by atoms with Crippen molar-refractivity contribution >= 4 is 5.78 Å². The molecule has 1 aromatic carbocycles. The van der Waals surface area contributed by atoms with Crippen LogP contribution in [0.4, 0.5) is 0 Å². The van der Waals surface area contributed by atoms with E-state index in [4.69, 9.17) is 4.74 Å². The van der Waals surface area contributed by atoms with E-state index in [9.17, 15) is 4.79 Å². The van der Waals surface area contributed by atoms with E-state index in [1.807, 2.05) is 25.1 Å². The molecule has 0 saturated heterocycles. The number of ether oxygens (including phenoxy) is 1. The smallest absolute Gasteiger partial charge is 0.140 e. The zero-order chi connectivity index (χ0) is 10.1. The van der Waals surface area contributed by atoms with Crippen LogP contribution >= 0.6 is 0 Å². The highest BCUT2D eigenvalue weighted by Crippen LogP contribution is 2.31. The predicted octanol–water partition coefficient (Wildman–Crippen LogP) is 2.31. The SMILES string of the molecule is COc1ccc2c(c1)CCC(=O)C2C. The molecule has 0 N–H and O–H groups in total. The molecule has 1 aromatic rings. The quantitative estimate of drug-likeness (QED) is 0.679. The summed E-state index contributed by atoms with van der Waals surface area (Å²) < 4.78 is 5.16. The second kappa shape index (κ2) is 3.45. The lowest BCUT2D eigenvalue weighted by Gasteiger charge is -2.21. The molecular weight excluding hydrogens is 176 g/mol. The van der Waals surface area contributed by atoms with Gasteiger partial charge in [0, 0.05) is 12.3 Å². The first-order chi connectivity index (χ1) is 6.72. The molecule has 74 valence electrons. The fraction of sp³-hybridized carbons (Fsp3) is 0.417. The topological polar surface area (TPSA) is 26.3 Å². The van der Waals surface area contributed by atoms with Crippen LogP contribution in [-0.4, -0.2) is 12.9 Å². The normalized spacial score (nSPS) is 20.4. The van der Waals surface area contributed by atoms with Gasteiger partial charge in [-0.3, -0.25) is 4.79 Å². The number of aryl methyl sites for hydroxylation is 1. The molecule has 1 aliphatic carbocycles. The average Bonchev–Trinajstić information content (AvgIpc) is 2.23. The Labute approximate surface area is 83.9 Å². The molecule has 0 aromatic heterocycles. The third kappa shape index (κ3) is 1.41. The summed E-state index contributed by atoms with van der Waals surface area (Å²) in [5, 5.41) is 0. The van der Waals surface area contributed by atoms with Crippen LogP contribution in [0.15, 0.2) is 18.2 Å². The molecule has 2 heteroatoms. The monoisotopic (exact) mass is 190 g/mol. The van der Waals surface area contributed by atoms with Crippen LogP contribution in [0.1, 0.15) is 30.4 Å². The van der Waals surface area contributed by atoms with Gasteiger partial charge in [-0.2, -0.15) is 0 Å². The number of benzene rings is 1. The van der Waals surface area contributed by atoms with Gasteiger partial charge in [0.25, 0.3) is 0 Å². The van der Waals surface area contributed by atoms with Crippen LogP contribution in [0.2, 0.25) is 0 Å². The number of ketones is 1. The van der Waals surface area contributed by atoms with Crippen molar-refractivity contribution in [3.05, 3.63) is 29.3 Å². The van der Waals surface area contributed by atoms with Crippen LogP contribution in [0, 0.1) is 0 Å². The minimum Gasteiger partial charge on any atom is -0.497 e. The molecule has 2 rings (SSSR count). The highest BCUT2D eigenvalue weighted by Gasteiger charge is 2.23. The maximum absolute atomic E-state index is 11.5. The Balaban J connectivity index is 2.43. The van der Waals surface area contributed by atoms with Gasteiger partial charge < -0.3 is 4.74 Å². The van der Waals surface area contributed by atoms with Crippen molar-refractivity contribution in [2.45, 2.75) is 25.7 Å². The van der Waals surface area contributed by atoms with Gasteiger partial charge in [-0.25, -0.2) is 0 Å². The number of fused-ring (bicyclic) bond motifs is 1. The van der Waals surface area contributed by atoms with Gasteiger partial charge in [-0.05, 0) is 29.7 Å². The van der Waals surface area contributed by atoms with Crippen molar-refractivity contribution in [3.63, 3.8) is 0 Å². The maximum atomic E-state index is 11.5. The Bertz CT molecular complexity index is 369. The lowest BCUT2D eigenvalue weighted by Crippen LogP contribution is -2.17. The number of methoxy groups -OCH3 is 1. The Hall–Kier alpha value is -1.31. The van der Waals surface area contributed by atoms with E-state index < -0.39 is 0 Å². The fourth-order valence-electron chi connectivity index (χ4n) is 2.00. The van der Waals surface area contributed by atoms with Crippen LogP contribution in [0.25, 0.3) is 0 Å². The third-order valence-electron chi connectivity index (χ3n) is 2.94. The van der Waals surface area contributed by atoms with Gasteiger partial charge in [0.2, 0.25) is 0 Å². The van der Waals surface area contributed by atoms with Gasteiger partial charge in [0.1, 0.15) is 11.5 Å². The van der Waals surface area contributed by atoms with E-state index in [0.717, 1.165) is 12.2 Å². The van der Waals surface area contributed by atoms with E-state index in [1.165, 1.54) is 11.1 Å². The molecule has 0 spiro atoms. The molecule has 0 bridgehead atoms. The predicted molar refractivity (Wildman–Crippen MR) is 54.7 cm³/mol. The van der Waals surface area contributed by atoms with E-state index >= 15 is 0 Å². The largest absolute Gasteiger partial charge is 0.497 e. The molecule has 1 unspecified atom stereocenters. The molecule has 1 atom stereocenters. The highest BCUT2D eigenvalue weighted by molar-refractivity contribution is 5.87. The van der Waals surface area contributed by atoms with E-state index in [0.29, 0.717) is 12.2 Å². The highest BCUT2D eigenvalue weighted by atomic mass is 16.5. The average molecular weight is 190 g/mol. The first-order valence-electron chi connectivity index (χ1n) is 4.92. The summed E-state index contributed by atoms with van der Waals surface area (Å²) in [6, 6.07) is 5.97. The third-order valence-corrected chi connectivity index (χ3v) is 2.94. The summed E-state index contributed by atoms with van der Waals surface area (Å²) in [5.74, 6) is 1.29. The van der Waals surface area contributed by atoms with Crippen molar-refractivity contribution in [2.24, 2.45) is 0 Å².